The van der Waals surface area contributed by atoms with Crippen LogP contribution in [0.15, 0.2) is 41.8 Å². The minimum Gasteiger partial charge on any atom is -0.495 e. The molecule has 0 saturated carbocycles. The van der Waals surface area contributed by atoms with Crippen molar-refractivity contribution in [2.24, 2.45) is 0 Å². The lowest BCUT2D eigenvalue weighted by atomic mass is 10.2. The number of ether oxygens (including phenoxy) is 1. The van der Waals surface area contributed by atoms with Gasteiger partial charge in [0, 0.05) is 0 Å². The largest absolute Gasteiger partial charge is 0.495 e. The smallest absolute Gasteiger partial charge is 0.282 e. The van der Waals surface area contributed by atoms with Crippen molar-refractivity contribution in [3.8, 4) is 5.75 Å². The van der Waals surface area contributed by atoms with E-state index in [1.807, 2.05) is 42.5 Å². The van der Waals surface area contributed by atoms with E-state index >= 15 is 0 Å². The Balaban J connectivity index is 1.51. The third kappa shape index (κ3) is 4.60. The maximum absolute atomic E-state index is 12.6. The predicted molar refractivity (Wildman–Crippen MR) is 101 cm³/mol. The number of carbonyl (C=O) groups excluding carboxylic acids is 1. The Morgan fingerprint density at radius 2 is 1.96 bits per heavy atom. The van der Waals surface area contributed by atoms with Gasteiger partial charge in [0.05, 0.1) is 17.7 Å². The molecular weight excluding hydrogens is 334 g/mol. The first kappa shape index (κ1) is 17.9. The van der Waals surface area contributed by atoms with E-state index in [-0.39, 0.29) is 11.9 Å². The number of hydrogen-bond donors (Lipinski definition) is 3. The summed E-state index contributed by atoms with van der Waals surface area (Å²) in [6.07, 6.45) is 0. The molecule has 2 heterocycles. The van der Waals surface area contributed by atoms with E-state index in [4.69, 9.17) is 4.74 Å². The topological polar surface area (TPSA) is 47.2 Å². The number of nitrogens with one attached hydrogen (secondary N) is 3. The Morgan fingerprint density at radius 1 is 1.20 bits per heavy atom. The third-order valence-electron chi connectivity index (χ3n) is 4.97. The maximum atomic E-state index is 12.6. The van der Waals surface area contributed by atoms with Crippen molar-refractivity contribution in [3.05, 3.63) is 46.7 Å². The fourth-order valence-electron chi connectivity index (χ4n) is 3.37. The highest BCUT2D eigenvalue weighted by atomic mass is 32.1. The molecule has 1 fully saturated rings. The van der Waals surface area contributed by atoms with Crippen LogP contribution in [0, 0.1) is 0 Å². The van der Waals surface area contributed by atoms with E-state index in [2.05, 4.69) is 22.8 Å². The summed E-state index contributed by atoms with van der Waals surface area (Å²) in [6, 6.07) is 11.8. The quantitative estimate of drug-likeness (QED) is 0.682. The molecule has 1 aliphatic rings. The average molecular weight is 362 g/mol. The number of quaternary nitrogens is 2. The number of amides is 1. The van der Waals surface area contributed by atoms with Gasteiger partial charge in [-0.15, -0.1) is 11.3 Å². The molecule has 0 bridgehead atoms. The Kier molecular flexibility index (Phi) is 6.07. The van der Waals surface area contributed by atoms with Gasteiger partial charge in [0.1, 0.15) is 38.5 Å². The fourth-order valence-corrected chi connectivity index (χ4v) is 4.14. The van der Waals surface area contributed by atoms with Crippen molar-refractivity contribution in [2.75, 3.05) is 38.6 Å². The molecule has 0 spiro atoms. The van der Waals surface area contributed by atoms with Gasteiger partial charge in [-0.25, -0.2) is 0 Å². The summed E-state index contributed by atoms with van der Waals surface area (Å²) in [5, 5.41) is 5.16. The molecule has 1 aromatic carbocycles. The van der Waals surface area contributed by atoms with E-state index in [1.165, 1.54) is 9.78 Å². The van der Waals surface area contributed by atoms with E-state index in [0.29, 0.717) is 5.75 Å². The van der Waals surface area contributed by atoms with Crippen LogP contribution in [0.5, 0.6) is 5.75 Å². The first-order valence-corrected chi connectivity index (χ1v) is 9.69. The molecule has 134 valence electrons. The fraction of sp³-hybridized carbons (Fsp3) is 0.421. The minimum absolute atomic E-state index is 0.0567. The summed E-state index contributed by atoms with van der Waals surface area (Å²) in [6.45, 7) is 7.40. The molecule has 3 N–H and O–H groups in total. The van der Waals surface area contributed by atoms with Crippen molar-refractivity contribution < 1.29 is 19.3 Å². The highest BCUT2D eigenvalue weighted by Crippen LogP contribution is 2.22. The van der Waals surface area contributed by atoms with Crippen LogP contribution in [0.4, 0.5) is 5.69 Å². The summed E-state index contributed by atoms with van der Waals surface area (Å²) in [4.78, 5) is 17.0. The molecule has 1 amide bonds. The van der Waals surface area contributed by atoms with E-state index in [9.17, 15) is 4.79 Å². The second-order valence-electron chi connectivity index (χ2n) is 6.58. The molecule has 2 aromatic rings. The van der Waals surface area contributed by atoms with Gasteiger partial charge in [0.15, 0.2) is 6.04 Å². The minimum atomic E-state index is -0.0619. The lowest BCUT2D eigenvalue weighted by molar-refractivity contribution is -1.02. The van der Waals surface area contributed by atoms with Crippen LogP contribution >= 0.6 is 11.3 Å². The molecule has 1 atom stereocenters. The van der Waals surface area contributed by atoms with Crippen molar-refractivity contribution in [1.29, 1.82) is 0 Å². The molecule has 1 aliphatic heterocycles. The number of hydrogen-bond acceptors (Lipinski definition) is 3. The van der Waals surface area contributed by atoms with Gasteiger partial charge < -0.3 is 19.9 Å². The normalized spacial score (nSPS) is 21.5. The first-order valence-electron chi connectivity index (χ1n) is 8.82. The molecule has 0 unspecified atom stereocenters. The lowest BCUT2D eigenvalue weighted by Crippen LogP contribution is -3.29. The standard InChI is InChI=1S/C19H25N3O2S/c1-15(19(23)20-17-7-3-4-8-18(17)24-2)22-11-9-21(10-12-22)14-16-6-5-13-25-16/h3-8,13,15H,9-12,14H2,1-2H3,(H,20,23)/p+2/t15-/m1/s1. The molecule has 0 radical (unpaired) electrons. The average Bonchev–Trinajstić information content (AvgIpc) is 3.15. The molecule has 5 nitrogen and oxygen atoms in total. The number of anilines is 1. The highest BCUT2D eigenvalue weighted by molar-refractivity contribution is 7.09. The van der Waals surface area contributed by atoms with Gasteiger partial charge in [0.25, 0.3) is 5.91 Å². The molecular formula is C19H27N3O2S+2. The Morgan fingerprint density at radius 3 is 2.64 bits per heavy atom. The van der Waals surface area contributed by atoms with Crippen LogP contribution in [-0.4, -0.2) is 45.2 Å². The summed E-state index contributed by atoms with van der Waals surface area (Å²) < 4.78 is 5.31. The van der Waals surface area contributed by atoms with Crippen LogP contribution < -0.4 is 19.9 Å². The van der Waals surface area contributed by atoms with Gasteiger partial charge in [0.2, 0.25) is 0 Å². The molecule has 1 saturated heterocycles. The van der Waals surface area contributed by atoms with Crippen molar-refractivity contribution >= 4 is 22.9 Å². The van der Waals surface area contributed by atoms with Crippen LogP contribution in [-0.2, 0) is 11.3 Å². The lowest BCUT2D eigenvalue weighted by Gasteiger charge is -2.32. The second-order valence-corrected chi connectivity index (χ2v) is 7.61. The Labute approximate surface area is 153 Å². The number of piperazine rings is 1. The number of para-hydroxylation sites is 2. The zero-order chi connectivity index (χ0) is 17.6. The monoisotopic (exact) mass is 361 g/mol. The summed E-state index contributed by atoms with van der Waals surface area (Å²) in [7, 11) is 1.62. The highest BCUT2D eigenvalue weighted by Gasteiger charge is 2.31. The molecule has 0 aliphatic carbocycles. The second kappa shape index (κ2) is 8.47. The molecule has 1 aromatic heterocycles. The van der Waals surface area contributed by atoms with Gasteiger partial charge in [-0.1, -0.05) is 18.2 Å². The summed E-state index contributed by atoms with van der Waals surface area (Å²) >= 11 is 1.83. The van der Waals surface area contributed by atoms with Crippen molar-refractivity contribution in [1.82, 2.24) is 0 Å². The first-order chi connectivity index (χ1) is 12.2. The van der Waals surface area contributed by atoms with E-state index < -0.39 is 0 Å². The zero-order valence-corrected chi connectivity index (χ0v) is 15.7. The maximum Gasteiger partial charge on any atom is 0.282 e. The third-order valence-corrected chi connectivity index (χ3v) is 5.85. The van der Waals surface area contributed by atoms with Crippen LogP contribution in [0.3, 0.4) is 0 Å². The molecule has 6 heteroatoms. The predicted octanol–water partition coefficient (Wildman–Crippen LogP) is 0.0673. The van der Waals surface area contributed by atoms with Crippen LogP contribution in [0.1, 0.15) is 11.8 Å². The van der Waals surface area contributed by atoms with Crippen molar-refractivity contribution in [2.45, 2.75) is 19.5 Å². The number of carbonyl (C=O) groups is 1. The zero-order valence-electron chi connectivity index (χ0n) is 14.9. The SMILES string of the molecule is COc1ccccc1NC(=O)[C@@H](C)[NH+]1CC[NH+](Cc2cccs2)CC1. The van der Waals surface area contributed by atoms with Gasteiger partial charge in [-0.2, -0.15) is 0 Å². The number of rotatable bonds is 6. The summed E-state index contributed by atoms with van der Waals surface area (Å²) in [5.41, 5.74) is 0.739. The van der Waals surface area contributed by atoms with E-state index in [1.54, 1.807) is 12.0 Å². The number of thiophene rings is 1. The number of benzene rings is 1. The Bertz CT molecular complexity index is 682. The number of methoxy groups -OCH3 is 1. The van der Waals surface area contributed by atoms with Crippen LogP contribution in [0.2, 0.25) is 0 Å². The van der Waals surface area contributed by atoms with Crippen molar-refractivity contribution in [3.63, 3.8) is 0 Å². The summed E-state index contributed by atoms with van der Waals surface area (Å²) in [5.74, 6) is 0.754. The van der Waals surface area contributed by atoms with Gasteiger partial charge >= 0.3 is 0 Å². The molecule has 3 rings (SSSR count). The van der Waals surface area contributed by atoms with Gasteiger partial charge in [-0.3, -0.25) is 4.79 Å². The van der Waals surface area contributed by atoms with Gasteiger partial charge in [-0.05, 0) is 30.5 Å². The van der Waals surface area contributed by atoms with E-state index in [0.717, 1.165) is 38.4 Å². The Hall–Kier alpha value is -1.89. The molecule has 25 heavy (non-hydrogen) atoms. The van der Waals surface area contributed by atoms with Crippen LogP contribution in [0.25, 0.3) is 0 Å².